The zero-order valence-corrected chi connectivity index (χ0v) is 13.6. The first-order valence-corrected chi connectivity index (χ1v) is 7.53. The predicted octanol–water partition coefficient (Wildman–Crippen LogP) is 4.44. The van der Waals surface area contributed by atoms with Crippen molar-refractivity contribution in [2.75, 3.05) is 0 Å². The molecule has 24 heavy (non-hydrogen) atoms. The lowest BCUT2D eigenvalue weighted by atomic mass is 10.0. The molecule has 4 nitrogen and oxygen atoms in total. The molecule has 0 amide bonds. The molecule has 3 rings (SSSR count). The Balaban J connectivity index is 0.00000100. The van der Waals surface area contributed by atoms with Crippen molar-refractivity contribution in [2.24, 2.45) is 7.05 Å². The first-order valence-electron chi connectivity index (χ1n) is 7.53. The number of carboxylic acid groups (broad SMARTS) is 1. The van der Waals surface area contributed by atoms with Crippen molar-refractivity contribution in [2.45, 2.75) is 19.8 Å². The fourth-order valence-electron chi connectivity index (χ4n) is 2.31. The summed E-state index contributed by atoms with van der Waals surface area (Å²) >= 11 is 0. The number of hydrogen-bond acceptors (Lipinski definition) is 2. The van der Waals surface area contributed by atoms with Gasteiger partial charge in [0.2, 0.25) is 0 Å². The monoisotopic (exact) mass is 332 g/mol. The topological polar surface area (TPSA) is 55.1 Å². The van der Waals surface area contributed by atoms with Gasteiger partial charge in [0, 0.05) is 24.2 Å². The maximum atomic E-state index is 13.4. The number of aryl methyl sites for hydroxylation is 1. The smallest absolute Gasteiger partial charge is 0.379 e. The normalized spacial score (nSPS) is 11.0. The van der Waals surface area contributed by atoms with E-state index in [2.05, 4.69) is 5.10 Å². The van der Waals surface area contributed by atoms with Gasteiger partial charge < -0.3 is 5.11 Å². The lowest BCUT2D eigenvalue weighted by Crippen LogP contribution is -2.25. The first kappa shape index (κ1) is 17.6. The lowest BCUT2D eigenvalue weighted by molar-refractivity contribution is -0.166. The van der Waals surface area contributed by atoms with Crippen LogP contribution in [0.15, 0.2) is 48.7 Å². The molecule has 0 spiro atoms. The number of halogens is 2. The van der Waals surface area contributed by atoms with Gasteiger partial charge in [0.25, 0.3) is 0 Å². The summed E-state index contributed by atoms with van der Waals surface area (Å²) in [6.07, 6.45) is 1.88. The van der Waals surface area contributed by atoms with Gasteiger partial charge >= 0.3 is 11.9 Å². The molecular weight excluding hydrogens is 314 g/mol. The molecule has 6 heteroatoms. The minimum Gasteiger partial charge on any atom is -0.477 e. The fraction of sp³-hybridized carbons (Fsp3) is 0.222. The van der Waals surface area contributed by atoms with Crippen LogP contribution in [0.2, 0.25) is 0 Å². The molecule has 0 saturated heterocycles. The maximum Gasteiger partial charge on any atom is 0.379 e. The molecule has 0 aliphatic heterocycles. The molecular formula is C18H18F2N2O2. The highest BCUT2D eigenvalue weighted by Crippen LogP contribution is 2.31. The fourth-order valence-corrected chi connectivity index (χ4v) is 2.31. The van der Waals surface area contributed by atoms with E-state index in [-0.39, 0.29) is 0 Å². The minimum atomic E-state index is -3.89. The molecule has 3 aromatic rings. The molecule has 0 aliphatic rings. The van der Waals surface area contributed by atoms with Crippen molar-refractivity contribution in [1.29, 1.82) is 0 Å². The van der Waals surface area contributed by atoms with Gasteiger partial charge in [-0.2, -0.15) is 13.9 Å². The van der Waals surface area contributed by atoms with Crippen LogP contribution in [0.25, 0.3) is 22.0 Å². The zero-order chi connectivity index (χ0) is 17.9. The second-order valence-corrected chi connectivity index (χ2v) is 5.03. The Hall–Kier alpha value is -2.76. The second-order valence-electron chi connectivity index (χ2n) is 5.03. The SMILES string of the molecule is CC.Cn1cc2ccc(-c3ccc(C(F)(F)C(=O)O)cc3)cc2n1. The second kappa shape index (κ2) is 6.78. The number of aliphatic carboxylic acids is 1. The standard InChI is InChI=1S/C16H12F2N2O2.C2H6/c1-20-9-12-3-2-11(8-14(12)19-20)10-4-6-13(7-5-10)16(17,18)15(21)22;1-2/h2-9H,1H3,(H,21,22);1-2H3. The summed E-state index contributed by atoms with van der Waals surface area (Å²) in [5.74, 6) is -6.04. The van der Waals surface area contributed by atoms with E-state index >= 15 is 0 Å². The Labute approximate surface area is 138 Å². The van der Waals surface area contributed by atoms with Crippen LogP contribution in [0.4, 0.5) is 8.78 Å². The van der Waals surface area contributed by atoms with Crippen molar-refractivity contribution in [3.63, 3.8) is 0 Å². The largest absolute Gasteiger partial charge is 0.477 e. The predicted molar refractivity (Wildman–Crippen MR) is 89.0 cm³/mol. The number of fused-ring (bicyclic) bond motifs is 1. The Morgan fingerprint density at radius 1 is 1.08 bits per heavy atom. The highest BCUT2D eigenvalue weighted by Gasteiger charge is 2.40. The van der Waals surface area contributed by atoms with Gasteiger partial charge in [-0.1, -0.05) is 50.2 Å². The summed E-state index contributed by atoms with van der Waals surface area (Å²) in [4.78, 5) is 10.6. The van der Waals surface area contributed by atoms with Crippen LogP contribution in [0.1, 0.15) is 19.4 Å². The van der Waals surface area contributed by atoms with Crippen molar-refractivity contribution in [3.8, 4) is 11.1 Å². The van der Waals surface area contributed by atoms with Crippen molar-refractivity contribution in [3.05, 3.63) is 54.2 Å². The zero-order valence-electron chi connectivity index (χ0n) is 13.6. The highest BCUT2D eigenvalue weighted by atomic mass is 19.3. The molecule has 0 unspecified atom stereocenters. The van der Waals surface area contributed by atoms with E-state index in [0.717, 1.165) is 34.2 Å². The van der Waals surface area contributed by atoms with Crippen LogP contribution in [0.3, 0.4) is 0 Å². The Morgan fingerprint density at radius 2 is 1.67 bits per heavy atom. The molecule has 0 atom stereocenters. The van der Waals surface area contributed by atoms with Crippen LogP contribution in [0.5, 0.6) is 0 Å². The van der Waals surface area contributed by atoms with Crippen molar-refractivity contribution >= 4 is 16.9 Å². The van der Waals surface area contributed by atoms with Crippen LogP contribution in [-0.2, 0) is 17.8 Å². The number of aromatic nitrogens is 2. The van der Waals surface area contributed by atoms with E-state index in [1.165, 1.54) is 12.1 Å². The third kappa shape index (κ3) is 3.27. The molecule has 1 aromatic heterocycles. The van der Waals surface area contributed by atoms with Crippen LogP contribution in [-0.4, -0.2) is 20.9 Å². The van der Waals surface area contributed by atoms with Crippen molar-refractivity contribution < 1.29 is 18.7 Å². The van der Waals surface area contributed by atoms with E-state index < -0.39 is 17.5 Å². The van der Waals surface area contributed by atoms with Gasteiger partial charge in [0.1, 0.15) is 0 Å². The maximum absolute atomic E-state index is 13.4. The number of alkyl halides is 2. The van der Waals surface area contributed by atoms with Gasteiger partial charge in [-0.05, 0) is 17.2 Å². The number of carbonyl (C=O) groups is 1. The summed E-state index contributed by atoms with van der Waals surface area (Å²) in [6, 6.07) is 10.9. The summed E-state index contributed by atoms with van der Waals surface area (Å²) in [7, 11) is 1.82. The molecule has 1 N–H and O–H groups in total. The minimum absolute atomic E-state index is 0.539. The number of benzene rings is 2. The molecule has 0 saturated carbocycles. The van der Waals surface area contributed by atoms with E-state index in [4.69, 9.17) is 5.11 Å². The molecule has 0 fully saturated rings. The summed E-state index contributed by atoms with van der Waals surface area (Å²) < 4.78 is 28.5. The molecule has 126 valence electrons. The third-order valence-electron chi connectivity index (χ3n) is 3.47. The molecule has 0 radical (unpaired) electrons. The molecule has 1 heterocycles. The Bertz CT molecular complexity index is 855. The van der Waals surface area contributed by atoms with Crippen LogP contribution >= 0.6 is 0 Å². The van der Waals surface area contributed by atoms with E-state index in [0.29, 0.717) is 0 Å². The van der Waals surface area contributed by atoms with Gasteiger partial charge in [-0.15, -0.1) is 0 Å². The highest BCUT2D eigenvalue weighted by molar-refractivity contribution is 5.84. The molecule has 0 bridgehead atoms. The van der Waals surface area contributed by atoms with Crippen LogP contribution < -0.4 is 0 Å². The van der Waals surface area contributed by atoms with Crippen molar-refractivity contribution in [1.82, 2.24) is 9.78 Å². The average molecular weight is 332 g/mol. The van der Waals surface area contributed by atoms with E-state index in [1.54, 1.807) is 4.68 Å². The summed E-state index contributed by atoms with van der Waals surface area (Å²) in [5.41, 5.74) is 1.82. The quantitative estimate of drug-likeness (QED) is 0.771. The number of hydrogen-bond donors (Lipinski definition) is 1. The lowest BCUT2D eigenvalue weighted by Gasteiger charge is -2.12. The van der Waals surface area contributed by atoms with Crippen LogP contribution in [0, 0.1) is 0 Å². The van der Waals surface area contributed by atoms with Gasteiger partial charge in [0.15, 0.2) is 0 Å². The Kier molecular flexibility index (Phi) is 4.97. The summed E-state index contributed by atoms with van der Waals surface area (Å²) in [6.45, 7) is 4.00. The summed E-state index contributed by atoms with van der Waals surface area (Å²) in [5, 5.41) is 13.8. The number of nitrogens with zero attached hydrogens (tertiary/aromatic N) is 2. The molecule has 2 aromatic carbocycles. The Morgan fingerprint density at radius 3 is 2.25 bits per heavy atom. The average Bonchev–Trinajstić information content (AvgIpc) is 2.95. The first-order chi connectivity index (χ1) is 11.4. The van der Waals surface area contributed by atoms with Gasteiger partial charge in [-0.3, -0.25) is 4.68 Å². The number of carboxylic acids is 1. The molecule has 0 aliphatic carbocycles. The van der Waals surface area contributed by atoms with Gasteiger partial charge in [0.05, 0.1) is 5.52 Å². The number of rotatable bonds is 3. The van der Waals surface area contributed by atoms with Gasteiger partial charge in [-0.25, -0.2) is 4.79 Å². The van der Waals surface area contributed by atoms with E-state index in [1.807, 2.05) is 45.3 Å². The third-order valence-corrected chi connectivity index (χ3v) is 3.47. The van der Waals surface area contributed by atoms with E-state index in [9.17, 15) is 13.6 Å².